The minimum Gasteiger partial charge on any atom is -0.290 e. The van der Waals surface area contributed by atoms with Gasteiger partial charge in [-0.3, -0.25) is 4.18 Å². The van der Waals surface area contributed by atoms with Gasteiger partial charge in [-0.05, 0) is 31.9 Å². The van der Waals surface area contributed by atoms with E-state index in [1.54, 1.807) is 0 Å². The van der Waals surface area contributed by atoms with E-state index in [-0.39, 0.29) is 0 Å². The first-order chi connectivity index (χ1) is 6.06. The first kappa shape index (κ1) is 10.4. The normalized spacial score (nSPS) is 12.9. The molecule has 0 saturated heterocycles. The second-order valence-electron chi connectivity index (χ2n) is 3.13. The van der Waals surface area contributed by atoms with Crippen molar-refractivity contribution in [3.8, 4) is 0 Å². The zero-order chi connectivity index (χ0) is 10.0. The van der Waals surface area contributed by atoms with Crippen molar-refractivity contribution in [3.05, 3.63) is 28.8 Å². The Hall–Kier alpha value is -0.670. The fourth-order valence-corrected chi connectivity index (χ4v) is 2.32. The Morgan fingerprint density at radius 2 is 1.62 bits per heavy atom. The van der Waals surface area contributed by atoms with Crippen LogP contribution in [0.15, 0.2) is 17.0 Å². The van der Waals surface area contributed by atoms with Crippen LogP contribution in [0.4, 0.5) is 0 Å². The summed E-state index contributed by atoms with van der Waals surface area (Å²) >= 11 is -1.32. The summed E-state index contributed by atoms with van der Waals surface area (Å²) < 4.78 is 16.3. The van der Waals surface area contributed by atoms with Gasteiger partial charge in [0.05, 0.1) is 12.0 Å². The Bertz CT molecular complexity index is 322. The zero-order valence-corrected chi connectivity index (χ0v) is 9.20. The molecule has 1 rings (SSSR count). The molecule has 1 unspecified atom stereocenters. The van der Waals surface area contributed by atoms with Gasteiger partial charge in [0.2, 0.25) is 0 Å². The van der Waals surface area contributed by atoms with E-state index in [1.807, 2.05) is 32.9 Å². The van der Waals surface area contributed by atoms with E-state index in [2.05, 4.69) is 0 Å². The van der Waals surface area contributed by atoms with Gasteiger partial charge in [0.25, 0.3) is 0 Å². The van der Waals surface area contributed by atoms with E-state index in [1.165, 1.54) is 12.7 Å². The number of hydrogen-bond acceptors (Lipinski definition) is 2. The van der Waals surface area contributed by atoms with Crippen LogP contribution in [-0.2, 0) is 15.3 Å². The van der Waals surface area contributed by atoms with E-state index in [0.29, 0.717) is 0 Å². The standard InChI is InChI=1S/C10H14O2S/c1-7-5-8(2)10(9(3)6-7)13(11)12-4/h5-6H,1-4H3. The molecular formula is C10H14O2S. The molecule has 0 heterocycles. The summed E-state index contributed by atoms with van der Waals surface area (Å²) in [6.07, 6.45) is 0. The molecule has 13 heavy (non-hydrogen) atoms. The van der Waals surface area contributed by atoms with Crippen LogP contribution in [0.2, 0.25) is 0 Å². The van der Waals surface area contributed by atoms with E-state index < -0.39 is 11.1 Å². The van der Waals surface area contributed by atoms with Gasteiger partial charge in [-0.1, -0.05) is 17.7 Å². The SMILES string of the molecule is COS(=O)c1c(C)cc(C)cc1C. The Morgan fingerprint density at radius 1 is 1.15 bits per heavy atom. The zero-order valence-electron chi connectivity index (χ0n) is 8.38. The summed E-state index contributed by atoms with van der Waals surface area (Å²) in [6, 6.07) is 4.03. The van der Waals surface area contributed by atoms with Gasteiger partial charge in [-0.2, -0.15) is 0 Å². The minimum atomic E-state index is -1.32. The van der Waals surface area contributed by atoms with E-state index in [9.17, 15) is 4.21 Å². The van der Waals surface area contributed by atoms with Crippen LogP contribution >= 0.6 is 0 Å². The maximum Gasteiger partial charge on any atom is 0.189 e. The van der Waals surface area contributed by atoms with Gasteiger partial charge in [0.15, 0.2) is 11.1 Å². The fraction of sp³-hybridized carbons (Fsp3) is 0.400. The van der Waals surface area contributed by atoms with Crippen molar-refractivity contribution in [1.82, 2.24) is 0 Å². The summed E-state index contributed by atoms with van der Waals surface area (Å²) in [5.74, 6) is 0. The predicted octanol–water partition coefficient (Wildman–Crippen LogP) is 2.28. The van der Waals surface area contributed by atoms with Crippen molar-refractivity contribution in [2.45, 2.75) is 25.7 Å². The average Bonchev–Trinajstić information content (AvgIpc) is 2.02. The van der Waals surface area contributed by atoms with Crippen LogP contribution in [0.5, 0.6) is 0 Å². The van der Waals surface area contributed by atoms with Gasteiger partial charge >= 0.3 is 0 Å². The van der Waals surface area contributed by atoms with Crippen LogP contribution in [0.25, 0.3) is 0 Å². The Balaban J connectivity index is 3.28. The summed E-state index contributed by atoms with van der Waals surface area (Å²) in [5, 5.41) is 0. The largest absolute Gasteiger partial charge is 0.290 e. The number of aryl methyl sites for hydroxylation is 3. The lowest BCUT2D eigenvalue weighted by Crippen LogP contribution is -2.00. The predicted molar refractivity (Wildman–Crippen MR) is 54.1 cm³/mol. The van der Waals surface area contributed by atoms with Crippen LogP contribution in [0.1, 0.15) is 16.7 Å². The number of hydrogen-bond donors (Lipinski definition) is 0. The summed E-state index contributed by atoms with van der Waals surface area (Å²) in [5.41, 5.74) is 3.24. The van der Waals surface area contributed by atoms with E-state index in [0.717, 1.165) is 16.0 Å². The molecule has 3 heteroatoms. The van der Waals surface area contributed by atoms with Gasteiger partial charge in [-0.25, -0.2) is 4.21 Å². The molecule has 0 radical (unpaired) electrons. The lowest BCUT2D eigenvalue weighted by atomic mass is 10.1. The third-order valence-corrected chi connectivity index (χ3v) is 3.20. The highest BCUT2D eigenvalue weighted by molar-refractivity contribution is 7.80. The van der Waals surface area contributed by atoms with Crippen molar-refractivity contribution in [3.63, 3.8) is 0 Å². The number of rotatable bonds is 2. The van der Waals surface area contributed by atoms with E-state index in [4.69, 9.17) is 4.18 Å². The third-order valence-electron chi connectivity index (χ3n) is 1.92. The highest BCUT2D eigenvalue weighted by atomic mass is 32.2. The Labute approximate surface area is 81.6 Å². The van der Waals surface area contributed by atoms with Gasteiger partial charge in [0.1, 0.15) is 0 Å². The maximum atomic E-state index is 11.5. The lowest BCUT2D eigenvalue weighted by Gasteiger charge is -2.08. The average molecular weight is 198 g/mol. The molecule has 0 aliphatic carbocycles. The monoisotopic (exact) mass is 198 g/mol. The molecule has 0 aliphatic heterocycles. The maximum absolute atomic E-state index is 11.5. The lowest BCUT2D eigenvalue weighted by molar-refractivity contribution is 0.445. The third kappa shape index (κ3) is 2.17. The summed E-state index contributed by atoms with van der Waals surface area (Å²) in [4.78, 5) is 0.799. The van der Waals surface area contributed by atoms with Crippen molar-refractivity contribution in [1.29, 1.82) is 0 Å². The summed E-state index contributed by atoms with van der Waals surface area (Å²) in [7, 11) is 1.45. The van der Waals surface area contributed by atoms with Crippen molar-refractivity contribution < 1.29 is 8.39 Å². The molecule has 0 spiro atoms. The summed E-state index contributed by atoms with van der Waals surface area (Å²) in [6.45, 7) is 5.93. The highest BCUT2D eigenvalue weighted by Crippen LogP contribution is 2.20. The second-order valence-corrected chi connectivity index (χ2v) is 4.34. The molecule has 1 atom stereocenters. The molecule has 2 nitrogen and oxygen atoms in total. The number of benzene rings is 1. The highest BCUT2D eigenvalue weighted by Gasteiger charge is 2.10. The van der Waals surface area contributed by atoms with Crippen LogP contribution in [-0.4, -0.2) is 11.3 Å². The van der Waals surface area contributed by atoms with Gasteiger partial charge < -0.3 is 0 Å². The van der Waals surface area contributed by atoms with Crippen LogP contribution < -0.4 is 0 Å². The topological polar surface area (TPSA) is 26.3 Å². The van der Waals surface area contributed by atoms with Gasteiger partial charge in [-0.15, -0.1) is 0 Å². The molecule has 0 bridgehead atoms. The van der Waals surface area contributed by atoms with Crippen molar-refractivity contribution in [2.75, 3.05) is 7.11 Å². The quantitative estimate of drug-likeness (QED) is 0.728. The van der Waals surface area contributed by atoms with Crippen LogP contribution in [0, 0.1) is 20.8 Å². The molecular weight excluding hydrogens is 184 g/mol. The van der Waals surface area contributed by atoms with Gasteiger partial charge in [0, 0.05) is 0 Å². The van der Waals surface area contributed by atoms with Crippen molar-refractivity contribution in [2.24, 2.45) is 0 Å². The van der Waals surface area contributed by atoms with Crippen LogP contribution in [0.3, 0.4) is 0 Å². The molecule has 0 saturated carbocycles. The Morgan fingerprint density at radius 3 is 2.00 bits per heavy atom. The Kier molecular flexibility index (Phi) is 3.22. The molecule has 0 N–H and O–H groups in total. The molecule has 1 aromatic rings. The molecule has 0 fully saturated rings. The smallest absolute Gasteiger partial charge is 0.189 e. The van der Waals surface area contributed by atoms with Crippen molar-refractivity contribution >= 4 is 11.1 Å². The first-order valence-corrected chi connectivity index (χ1v) is 5.18. The fourth-order valence-electron chi connectivity index (χ4n) is 1.51. The van der Waals surface area contributed by atoms with E-state index >= 15 is 0 Å². The minimum absolute atomic E-state index is 0.799. The molecule has 1 aromatic carbocycles. The molecule has 0 aliphatic rings. The molecule has 72 valence electrons. The molecule has 0 aromatic heterocycles. The second kappa shape index (κ2) is 4.03. The first-order valence-electron chi connectivity index (χ1n) is 4.10. The molecule has 0 amide bonds.